The van der Waals surface area contributed by atoms with Crippen molar-refractivity contribution in [2.75, 3.05) is 5.75 Å². The second-order valence-electron chi connectivity index (χ2n) is 7.88. The van der Waals surface area contributed by atoms with Crippen molar-refractivity contribution in [3.63, 3.8) is 0 Å². The van der Waals surface area contributed by atoms with Crippen molar-refractivity contribution in [1.82, 2.24) is 14.0 Å². The Morgan fingerprint density at radius 3 is 2.32 bits per heavy atom. The van der Waals surface area contributed by atoms with Crippen LogP contribution in [-0.2, 0) is 18.9 Å². The third-order valence-corrected chi connectivity index (χ3v) is 6.61. The van der Waals surface area contributed by atoms with E-state index in [2.05, 4.69) is 4.99 Å². The molecule has 1 aliphatic rings. The van der Waals surface area contributed by atoms with Crippen LogP contribution < -0.4 is 11.2 Å². The minimum Gasteiger partial charge on any atom is -0.494 e. The van der Waals surface area contributed by atoms with Crippen LogP contribution in [0.15, 0.2) is 44.9 Å². The van der Waals surface area contributed by atoms with E-state index in [-0.39, 0.29) is 34.4 Å². The summed E-state index contributed by atoms with van der Waals surface area (Å²) < 4.78 is 1.92. The van der Waals surface area contributed by atoms with Crippen LogP contribution in [0.25, 0.3) is 0 Å². The smallest absolute Gasteiger partial charge is 0.333 e. The molecule has 2 heterocycles. The summed E-state index contributed by atoms with van der Waals surface area (Å²) in [6.45, 7) is 4.09. The van der Waals surface area contributed by atoms with Crippen molar-refractivity contribution in [3.05, 3.63) is 56.7 Å². The van der Waals surface area contributed by atoms with Gasteiger partial charge >= 0.3 is 5.69 Å². The predicted molar refractivity (Wildman–Crippen MR) is 123 cm³/mol. The van der Waals surface area contributed by atoms with Gasteiger partial charge in [0, 0.05) is 26.2 Å². The van der Waals surface area contributed by atoms with Gasteiger partial charge in [-0.1, -0.05) is 30.0 Å². The highest BCUT2D eigenvalue weighted by Gasteiger charge is 2.30. The van der Waals surface area contributed by atoms with Crippen LogP contribution in [0.3, 0.4) is 0 Å². The van der Waals surface area contributed by atoms with E-state index in [9.17, 15) is 19.5 Å². The van der Waals surface area contributed by atoms with Crippen LogP contribution in [0.5, 0.6) is 5.88 Å². The molecular formula is C22H28N4O4S. The first kappa shape index (κ1) is 22.9. The number of benzene rings is 1. The van der Waals surface area contributed by atoms with E-state index < -0.39 is 17.1 Å². The summed E-state index contributed by atoms with van der Waals surface area (Å²) >= 11 is 1.10. The molecule has 1 aliphatic heterocycles. The molecule has 0 bridgehead atoms. The second-order valence-corrected chi connectivity index (χ2v) is 8.84. The van der Waals surface area contributed by atoms with Crippen molar-refractivity contribution < 1.29 is 9.90 Å². The van der Waals surface area contributed by atoms with Crippen LogP contribution in [-0.4, -0.2) is 47.9 Å². The fourth-order valence-corrected chi connectivity index (χ4v) is 4.82. The quantitative estimate of drug-likeness (QED) is 0.577. The number of thioether (sulfide) groups is 1. The van der Waals surface area contributed by atoms with Gasteiger partial charge in [-0.15, -0.1) is 0 Å². The van der Waals surface area contributed by atoms with Gasteiger partial charge < -0.3 is 10.0 Å². The van der Waals surface area contributed by atoms with E-state index in [0.717, 1.165) is 40.2 Å². The molecule has 2 atom stereocenters. The SMILES string of the molecule is C[C@H]1CCC[C@H](C)N1C(=O)CSC(=Nc1ccccc1)c1c(O)n(C)c(=O)n(C)c1=O. The lowest BCUT2D eigenvalue weighted by atomic mass is 9.98. The lowest BCUT2D eigenvalue weighted by Gasteiger charge is -2.39. The Kier molecular flexibility index (Phi) is 7.04. The minimum atomic E-state index is -0.657. The summed E-state index contributed by atoms with van der Waals surface area (Å²) in [6, 6.07) is 9.30. The number of carbonyl (C=O) groups is 1. The Morgan fingerprint density at radius 2 is 1.71 bits per heavy atom. The highest BCUT2D eigenvalue weighted by atomic mass is 32.2. The first-order chi connectivity index (χ1) is 14.7. The molecule has 9 heteroatoms. The number of carbonyl (C=O) groups excluding carboxylic acids is 1. The molecule has 0 radical (unpaired) electrons. The largest absolute Gasteiger partial charge is 0.494 e. The Balaban J connectivity index is 2.00. The van der Waals surface area contributed by atoms with E-state index in [1.54, 1.807) is 12.1 Å². The summed E-state index contributed by atoms with van der Waals surface area (Å²) in [4.78, 5) is 44.4. The van der Waals surface area contributed by atoms with E-state index in [4.69, 9.17) is 0 Å². The molecule has 0 saturated carbocycles. The van der Waals surface area contributed by atoms with Crippen molar-refractivity contribution >= 4 is 28.4 Å². The van der Waals surface area contributed by atoms with Gasteiger partial charge in [0.2, 0.25) is 11.8 Å². The van der Waals surface area contributed by atoms with Gasteiger partial charge in [-0.2, -0.15) is 0 Å². The zero-order chi connectivity index (χ0) is 22.7. The number of hydrogen-bond donors (Lipinski definition) is 1. The number of hydrogen-bond acceptors (Lipinski definition) is 6. The van der Waals surface area contributed by atoms with E-state index >= 15 is 0 Å². The molecule has 1 amide bonds. The molecule has 2 aromatic rings. The third-order valence-electron chi connectivity index (χ3n) is 5.65. The normalized spacial score (nSPS) is 19.5. The number of likely N-dealkylation sites (tertiary alicyclic amines) is 1. The minimum absolute atomic E-state index is 0.0356. The molecule has 8 nitrogen and oxygen atoms in total. The molecule has 3 rings (SSSR count). The Bertz CT molecular complexity index is 1100. The molecule has 0 aliphatic carbocycles. The summed E-state index contributed by atoms with van der Waals surface area (Å²) in [6.07, 6.45) is 3.03. The van der Waals surface area contributed by atoms with Gasteiger partial charge in [0.25, 0.3) is 5.56 Å². The maximum atomic E-state index is 13.0. The number of rotatable bonds is 4. The molecule has 166 valence electrons. The van der Waals surface area contributed by atoms with E-state index in [1.165, 1.54) is 14.1 Å². The van der Waals surface area contributed by atoms with E-state index in [0.29, 0.717) is 5.69 Å². The van der Waals surface area contributed by atoms with Crippen LogP contribution >= 0.6 is 11.8 Å². The van der Waals surface area contributed by atoms with Gasteiger partial charge in [-0.3, -0.25) is 18.7 Å². The molecule has 0 unspecified atom stereocenters. The summed E-state index contributed by atoms with van der Waals surface area (Å²) in [5.74, 6) is -0.430. The lowest BCUT2D eigenvalue weighted by molar-refractivity contribution is -0.134. The maximum absolute atomic E-state index is 13.0. The third kappa shape index (κ3) is 4.76. The summed E-state index contributed by atoms with van der Waals surface area (Å²) in [5, 5.41) is 10.8. The Hall–Kier alpha value is -2.81. The lowest BCUT2D eigenvalue weighted by Crippen LogP contribution is -2.48. The van der Waals surface area contributed by atoms with Gasteiger partial charge in [-0.05, 0) is 45.2 Å². The van der Waals surface area contributed by atoms with Crippen LogP contribution in [0.1, 0.15) is 38.7 Å². The fraction of sp³-hybridized carbons (Fsp3) is 0.455. The number of aliphatic imine (C=N–C) groups is 1. The zero-order valence-corrected chi connectivity index (χ0v) is 19.1. The molecule has 31 heavy (non-hydrogen) atoms. The fourth-order valence-electron chi connectivity index (χ4n) is 3.92. The number of nitrogens with zero attached hydrogens (tertiary/aromatic N) is 4. The molecule has 1 N–H and O–H groups in total. The second kappa shape index (κ2) is 9.55. The number of amides is 1. The van der Waals surface area contributed by atoms with Crippen molar-refractivity contribution in [3.8, 4) is 5.88 Å². The number of aromatic hydroxyl groups is 1. The molecule has 1 saturated heterocycles. The van der Waals surface area contributed by atoms with Crippen LogP contribution in [0, 0.1) is 0 Å². The highest BCUT2D eigenvalue weighted by molar-refractivity contribution is 8.15. The molecule has 1 fully saturated rings. The number of para-hydroxylation sites is 1. The van der Waals surface area contributed by atoms with Crippen molar-refractivity contribution in [2.45, 2.75) is 45.2 Å². The summed E-state index contributed by atoms with van der Waals surface area (Å²) in [5.41, 5.74) is -0.809. The molecule has 1 aromatic carbocycles. The Morgan fingerprint density at radius 1 is 1.10 bits per heavy atom. The number of piperidine rings is 1. The zero-order valence-electron chi connectivity index (χ0n) is 18.2. The van der Waals surface area contributed by atoms with Crippen LogP contribution in [0.4, 0.5) is 5.69 Å². The van der Waals surface area contributed by atoms with Gasteiger partial charge in [0.1, 0.15) is 10.6 Å². The van der Waals surface area contributed by atoms with E-state index in [1.807, 2.05) is 36.9 Å². The standard InChI is InChI=1S/C22H28N4O4S/c1-14-9-8-10-15(2)26(14)17(27)13-31-19(23-16-11-6-5-7-12-16)18-20(28)24(3)22(30)25(4)21(18)29/h5-7,11-12,14-15,28H,8-10,13H2,1-4H3/t14-,15-/m0/s1. The first-order valence-electron chi connectivity index (χ1n) is 10.3. The molecule has 1 aromatic heterocycles. The summed E-state index contributed by atoms with van der Waals surface area (Å²) in [7, 11) is 2.73. The Labute approximate surface area is 185 Å². The first-order valence-corrected chi connectivity index (χ1v) is 11.3. The molecule has 0 spiro atoms. The average molecular weight is 445 g/mol. The maximum Gasteiger partial charge on any atom is 0.333 e. The average Bonchev–Trinajstić information content (AvgIpc) is 2.75. The molecular weight excluding hydrogens is 416 g/mol. The van der Waals surface area contributed by atoms with Crippen LogP contribution in [0.2, 0.25) is 0 Å². The van der Waals surface area contributed by atoms with Crippen molar-refractivity contribution in [2.24, 2.45) is 19.1 Å². The monoisotopic (exact) mass is 444 g/mol. The van der Waals surface area contributed by atoms with Crippen molar-refractivity contribution in [1.29, 1.82) is 0 Å². The highest BCUT2D eigenvalue weighted by Crippen LogP contribution is 2.26. The predicted octanol–water partition coefficient (Wildman–Crippen LogP) is 2.39. The van der Waals surface area contributed by atoms with Gasteiger partial charge in [0.05, 0.1) is 11.4 Å². The number of aromatic nitrogens is 2. The van der Waals surface area contributed by atoms with Gasteiger partial charge in [-0.25, -0.2) is 9.79 Å². The van der Waals surface area contributed by atoms with Gasteiger partial charge in [0.15, 0.2) is 0 Å². The topological polar surface area (TPSA) is 96.9 Å².